The third-order valence-electron chi connectivity index (χ3n) is 8.20. The molecular weight excluding hydrogens is 781 g/mol. The second kappa shape index (κ2) is 13.5. The summed E-state index contributed by atoms with van der Waals surface area (Å²) in [5.41, 5.74) is 12.2. The van der Waals surface area contributed by atoms with E-state index < -0.39 is 26.8 Å². The first-order valence-corrected chi connectivity index (χ1v) is 22.7. The van der Waals surface area contributed by atoms with E-state index in [2.05, 4.69) is 135 Å². The SMILES string of the molecule is CC[SiH](CC)[Zr+2]([CH]1C(c2ccccc2)=Cc2ccccc21)[CH]1C(c2ccccc2)=Cc2ccccc21.[I-].[I-]. The average Bonchev–Trinajstić information content (AvgIpc) is 3.52. The molecule has 2 atom stereocenters. The van der Waals surface area contributed by atoms with Crippen LogP contribution in [-0.4, -0.2) is 5.92 Å². The number of fused-ring (bicyclic) bond motifs is 2. The molecule has 0 fully saturated rings. The molecule has 0 aliphatic heterocycles. The van der Waals surface area contributed by atoms with E-state index in [9.17, 15) is 0 Å². The Balaban J connectivity index is 0.00000168. The fourth-order valence-electron chi connectivity index (χ4n) is 6.52. The van der Waals surface area contributed by atoms with Gasteiger partial charge in [-0.3, -0.25) is 0 Å². The van der Waals surface area contributed by atoms with Gasteiger partial charge >= 0.3 is 226 Å². The maximum absolute atomic E-state index is 2.54. The predicted octanol–water partition coefficient (Wildman–Crippen LogP) is 2.97. The van der Waals surface area contributed by atoms with Crippen LogP contribution in [0, 0.1) is 0 Å². The molecule has 0 bridgehead atoms. The molecule has 0 saturated carbocycles. The minimum atomic E-state index is -2.21. The Kier molecular flexibility index (Phi) is 10.6. The van der Waals surface area contributed by atoms with Gasteiger partial charge in [-0.15, -0.1) is 0 Å². The van der Waals surface area contributed by atoms with Gasteiger partial charge in [-0.05, 0) is 0 Å². The summed E-state index contributed by atoms with van der Waals surface area (Å²) in [6, 6.07) is 44.0. The normalized spacial score (nSPS) is 17.0. The molecule has 0 amide bonds. The van der Waals surface area contributed by atoms with Gasteiger partial charge in [0.05, 0.1) is 0 Å². The van der Waals surface area contributed by atoms with E-state index >= 15 is 0 Å². The van der Waals surface area contributed by atoms with Crippen molar-refractivity contribution >= 4 is 29.2 Å². The molecule has 2 aliphatic rings. The molecule has 0 radical (unpaired) electrons. The minimum Gasteiger partial charge on any atom is -1.00 e. The van der Waals surface area contributed by atoms with E-state index in [-0.39, 0.29) is 48.0 Å². The molecule has 0 N–H and O–H groups in total. The van der Waals surface area contributed by atoms with E-state index in [4.69, 9.17) is 0 Å². The second-order valence-electron chi connectivity index (χ2n) is 10.1. The summed E-state index contributed by atoms with van der Waals surface area (Å²) in [5, 5.41) is 0. The van der Waals surface area contributed by atoms with Gasteiger partial charge in [0.15, 0.2) is 0 Å². The first kappa shape index (κ1) is 29.9. The summed E-state index contributed by atoms with van der Waals surface area (Å²) in [6.45, 7) is 5.00. The molecule has 4 aromatic carbocycles. The molecule has 4 aromatic rings. The number of hydrogen-bond donors (Lipinski definition) is 0. The predicted molar refractivity (Wildman–Crippen MR) is 155 cm³/mol. The summed E-state index contributed by atoms with van der Waals surface area (Å²) in [7, 11) is 0. The largest absolute Gasteiger partial charge is 1.00 e. The van der Waals surface area contributed by atoms with Gasteiger partial charge in [0.25, 0.3) is 0 Å². The fraction of sp³-hybridized carbons (Fsp3) is 0.176. The monoisotopic (exact) mass is 813 g/mol. The van der Waals surface area contributed by atoms with Gasteiger partial charge in [0.1, 0.15) is 0 Å². The van der Waals surface area contributed by atoms with Crippen LogP contribution in [0.4, 0.5) is 0 Å². The molecular formula is C34H33I2SiZr. The molecule has 0 heterocycles. The van der Waals surface area contributed by atoms with Crippen molar-refractivity contribution in [2.45, 2.75) is 33.2 Å². The van der Waals surface area contributed by atoms with Gasteiger partial charge in [-0.2, -0.15) is 0 Å². The van der Waals surface area contributed by atoms with E-state index in [1.807, 2.05) is 0 Å². The molecule has 38 heavy (non-hydrogen) atoms. The summed E-state index contributed by atoms with van der Waals surface area (Å²) in [4.78, 5) is 0. The third kappa shape index (κ3) is 5.57. The van der Waals surface area contributed by atoms with Crippen molar-refractivity contribution < 1.29 is 68.9 Å². The summed E-state index contributed by atoms with van der Waals surface area (Å²) < 4.78 is 1.23. The number of benzene rings is 4. The minimum absolute atomic E-state index is 0. The van der Waals surface area contributed by atoms with Gasteiger partial charge in [0, 0.05) is 0 Å². The summed E-state index contributed by atoms with van der Waals surface area (Å²) in [5.74, 6) is -0.940. The van der Waals surface area contributed by atoms with E-state index in [1.165, 1.54) is 34.3 Å². The third-order valence-corrected chi connectivity index (χ3v) is 34.4. The maximum atomic E-state index is 2.54. The van der Waals surface area contributed by atoms with Gasteiger partial charge in [-0.1, -0.05) is 0 Å². The van der Waals surface area contributed by atoms with Crippen LogP contribution in [0.3, 0.4) is 0 Å². The maximum Gasteiger partial charge on any atom is -1.00 e. The van der Waals surface area contributed by atoms with Crippen molar-refractivity contribution in [2.75, 3.05) is 0 Å². The topological polar surface area (TPSA) is 0 Å². The van der Waals surface area contributed by atoms with Crippen LogP contribution in [0.1, 0.15) is 54.5 Å². The second-order valence-corrected chi connectivity index (χ2v) is 28.4. The van der Waals surface area contributed by atoms with Crippen molar-refractivity contribution in [2.24, 2.45) is 0 Å². The van der Waals surface area contributed by atoms with Crippen LogP contribution in [0.2, 0.25) is 12.1 Å². The zero-order valence-electron chi connectivity index (χ0n) is 21.9. The van der Waals surface area contributed by atoms with Crippen LogP contribution in [-0.2, 0) is 20.9 Å². The number of halogens is 2. The number of allylic oxidation sites excluding steroid dienone is 2. The van der Waals surface area contributed by atoms with Crippen molar-refractivity contribution in [3.8, 4) is 0 Å². The van der Waals surface area contributed by atoms with E-state index in [1.54, 1.807) is 22.3 Å². The zero-order chi connectivity index (χ0) is 24.5. The number of hydrogen-bond acceptors (Lipinski definition) is 0. The molecule has 191 valence electrons. The Labute approximate surface area is 271 Å². The molecule has 0 nitrogen and oxygen atoms in total. The van der Waals surface area contributed by atoms with Crippen molar-refractivity contribution in [3.05, 3.63) is 143 Å². The van der Waals surface area contributed by atoms with Gasteiger partial charge in [-0.25, -0.2) is 0 Å². The molecule has 0 aromatic heterocycles. The zero-order valence-corrected chi connectivity index (χ0v) is 29.9. The van der Waals surface area contributed by atoms with Crippen LogP contribution >= 0.6 is 0 Å². The summed E-state index contributed by atoms with van der Waals surface area (Å²) >= 11 is -2.21. The van der Waals surface area contributed by atoms with Crippen LogP contribution in [0.15, 0.2) is 109 Å². The Morgan fingerprint density at radius 3 is 1.29 bits per heavy atom. The van der Waals surface area contributed by atoms with Gasteiger partial charge in [0.2, 0.25) is 0 Å². The Morgan fingerprint density at radius 2 is 0.895 bits per heavy atom. The van der Waals surface area contributed by atoms with Crippen molar-refractivity contribution in [3.63, 3.8) is 0 Å². The van der Waals surface area contributed by atoms with Crippen molar-refractivity contribution in [1.29, 1.82) is 0 Å². The Hall–Kier alpha value is -1.08. The quantitative estimate of drug-likeness (QED) is 0.199. The molecule has 2 aliphatic carbocycles. The Morgan fingerprint density at radius 1 is 0.526 bits per heavy atom. The standard InChI is InChI=1S/2C15H11.C4H11Si.2HI.Zr/c2*1-2-6-12(7-3-1)15-10-13-8-4-5-9-14(13)11-15;1-3-5-4-2;;;/h2*1-11H;5H,3-4H2,1-2H3;2*1H;/q;;;;;+2/p-2. The molecule has 6 rings (SSSR count). The number of rotatable bonds is 7. The molecule has 2 unspecified atom stereocenters. The molecule has 0 saturated heterocycles. The molecule has 4 heteroatoms. The van der Waals surface area contributed by atoms with E-state index in [0.717, 1.165) is 0 Å². The summed E-state index contributed by atoms with van der Waals surface area (Å²) in [6.07, 6.45) is 5.08. The average molecular weight is 815 g/mol. The fourth-order valence-corrected chi connectivity index (χ4v) is 34.0. The Bertz CT molecular complexity index is 1320. The van der Waals surface area contributed by atoms with Gasteiger partial charge < -0.3 is 48.0 Å². The first-order chi connectivity index (χ1) is 17.8. The smallest absolute Gasteiger partial charge is 1.00 e. The first-order valence-electron chi connectivity index (χ1n) is 13.4. The van der Waals surface area contributed by atoms with Crippen LogP contribution in [0.5, 0.6) is 0 Å². The van der Waals surface area contributed by atoms with Crippen molar-refractivity contribution in [1.82, 2.24) is 0 Å². The van der Waals surface area contributed by atoms with E-state index in [0.29, 0.717) is 7.25 Å². The van der Waals surface area contributed by atoms with Crippen LogP contribution in [0.25, 0.3) is 23.3 Å². The van der Waals surface area contributed by atoms with Crippen LogP contribution < -0.4 is 48.0 Å². The molecule has 0 spiro atoms.